The van der Waals surface area contributed by atoms with Crippen molar-refractivity contribution < 1.29 is 43.3 Å². The third kappa shape index (κ3) is 10.5. The third-order valence-corrected chi connectivity index (χ3v) is 13.5. The number of primary amides is 1. The van der Waals surface area contributed by atoms with Gasteiger partial charge in [0, 0.05) is 68.7 Å². The summed E-state index contributed by atoms with van der Waals surface area (Å²) in [7, 11) is 0. The molecular weight excluding hydrogens is 987 g/mol. The molecule has 2 bridgehead atoms. The van der Waals surface area contributed by atoms with Gasteiger partial charge in [-0.05, 0) is 83.4 Å². The summed E-state index contributed by atoms with van der Waals surface area (Å²) in [5, 5.41) is 31.3. The molecule has 24 nitrogen and oxygen atoms in total. The number of allylic oxidation sites excluding steroid dienone is 2. The Kier molecular flexibility index (Phi) is 15.1. The monoisotopic (exact) mass is 1050 g/mol. The van der Waals surface area contributed by atoms with Gasteiger partial charge in [0.05, 0.1) is 53.4 Å². The molecule has 0 spiro atoms. The summed E-state index contributed by atoms with van der Waals surface area (Å²) in [4.78, 5) is 78.7. The lowest BCUT2D eigenvalue weighted by Crippen LogP contribution is -2.55. The molecule has 0 aliphatic carbocycles. The molecule has 0 radical (unpaired) electrons. The summed E-state index contributed by atoms with van der Waals surface area (Å²) in [5.41, 5.74) is 10.1. The number of aromatic nitrogens is 10. The molecule has 10 rings (SSSR count). The normalized spacial score (nSPS) is 18.1. The van der Waals surface area contributed by atoms with Crippen LogP contribution < -0.4 is 31.2 Å². The lowest BCUT2D eigenvalue weighted by Gasteiger charge is -2.40. The van der Waals surface area contributed by atoms with Crippen molar-refractivity contribution in [3.05, 3.63) is 100 Å². The maximum Gasteiger partial charge on any atom is 0.338 e. The molecule has 5 aromatic heterocycles. The van der Waals surface area contributed by atoms with E-state index in [2.05, 4.69) is 36.1 Å². The molecule has 3 atom stereocenters. The number of morpholine rings is 1. The molecule has 4 amide bonds. The Labute approximate surface area is 436 Å². The summed E-state index contributed by atoms with van der Waals surface area (Å²) in [6, 6.07) is 9.57. The van der Waals surface area contributed by atoms with Crippen LogP contribution in [0.1, 0.15) is 96.5 Å². The van der Waals surface area contributed by atoms with Crippen molar-refractivity contribution in [1.29, 1.82) is 0 Å². The number of carbonyl (C=O) groups excluding carboxylic acids is 4. The van der Waals surface area contributed by atoms with Crippen LogP contribution in [0.25, 0.3) is 22.1 Å². The van der Waals surface area contributed by atoms with E-state index in [0.29, 0.717) is 95.6 Å². The molecule has 0 saturated carbocycles. The van der Waals surface area contributed by atoms with Crippen molar-refractivity contribution in [2.45, 2.75) is 97.8 Å². The highest BCUT2D eigenvalue weighted by atomic mass is 32.1. The Hall–Kier alpha value is -8.03. The van der Waals surface area contributed by atoms with Crippen molar-refractivity contribution in [3.8, 4) is 11.5 Å². The molecule has 3 aliphatic heterocycles. The minimum absolute atomic E-state index is 0. The number of carboxylic acids is 1. The zero-order valence-corrected chi connectivity index (χ0v) is 42.9. The number of nitrogens with one attached hydrogen (secondary N) is 3. The van der Waals surface area contributed by atoms with Crippen LogP contribution >= 0.6 is 13.5 Å². The number of carboxylic acid groups (broad SMARTS) is 1. The van der Waals surface area contributed by atoms with E-state index in [9.17, 15) is 29.1 Å². The first-order valence-corrected chi connectivity index (χ1v) is 24.7. The smallest absolute Gasteiger partial charge is 0.338 e. The van der Waals surface area contributed by atoms with E-state index in [-0.39, 0.29) is 87.0 Å². The molecule has 2 saturated heterocycles. The van der Waals surface area contributed by atoms with Crippen molar-refractivity contribution in [3.63, 3.8) is 0 Å². The van der Waals surface area contributed by atoms with Gasteiger partial charge in [-0.15, -0.1) is 0 Å². The van der Waals surface area contributed by atoms with Crippen molar-refractivity contribution in [1.82, 2.24) is 58.7 Å². The Balaban J connectivity index is 0.00000689. The van der Waals surface area contributed by atoms with E-state index >= 15 is 0 Å². The summed E-state index contributed by atoms with van der Waals surface area (Å²) in [6.45, 7) is 10.4. The van der Waals surface area contributed by atoms with Crippen LogP contribution in [0.5, 0.6) is 11.5 Å². The fourth-order valence-corrected chi connectivity index (χ4v) is 10.1. The molecule has 7 aromatic rings. The Morgan fingerprint density at radius 2 is 1.24 bits per heavy atom. The topological polar surface area (TPSA) is 288 Å². The van der Waals surface area contributed by atoms with Crippen LogP contribution in [0.4, 0.5) is 11.9 Å². The van der Waals surface area contributed by atoms with Crippen molar-refractivity contribution >= 4 is 77.1 Å². The fraction of sp³-hybridized carbons (Fsp3) is 0.400. The van der Waals surface area contributed by atoms with Gasteiger partial charge in [0.2, 0.25) is 17.8 Å². The highest BCUT2D eigenvalue weighted by molar-refractivity contribution is 7.59. The molecule has 8 heterocycles. The van der Waals surface area contributed by atoms with E-state index in [1.54, 1.807) is 50.3 Å². The number of rotatable bonds is 14. The number of ether oxygens (including phenoxy) is 3. The average Bonchev–Trinajstić information content (AvgIpc) is 4.25. The first-order valence-electron chi connectivity index (χ1n) is 24.7. The number of hydrogen-bond donors (Lipinski definition) is 5. The van der Waals surface area contributed by atoms with Gasteiger partial charge in [-0.25, -0.2) is 14.8 Å². The first kappa shape index (κ1) is 51.9. The lowest BCUT2D eigenvalue weighted by atomic mass is 10.1. The van der Waals surface area contributed by atoms with Crippen LogP contribution in [0.15, 0.2) is 60.9 Å². The number of fused-ring (bicyclic) bond motifs is 2. The predicted molar refractivity (Wildman–Crippen MR) is 279 cm³/mol. The minimum atomic E-state index is -1.08. The van der Waals surface area contributed by atoms with E-state index in [0.717, 1.165) is 12.8 Å². The number of benzene rings is 2. The maximum atomic E-state index is 14.1. The number of imidazole rings is 2. The molecule has 75 heavy (non-hydrogen) atoms. The number of anilines is 2. The maximum absolute atomic E-state index is 14.1. The first-order chi connectivity index (χ1) is 35.8. The zero-order valence-electron chi connectivity index (χ0n) is 41.9. The standard InChI is InChI=1S/C50H57N15O9.H2S/c1-5-63-38(16-28(3)58-63)46(68)56-49-54-36-18-30(44(51)66)20-40-42(36)61(49)14-7-8-15-62-43-37(55-50(62)57-47(69)39-17-29(4)59-64(39)6-2)19-31(45(67)52-12-9-13-60-23-32(22-53-60)48(70)71)21-41(43)74-27-35(26-73-40)65-33-10-11-34(65)25-72-24-33;/h7-8,16-23,33-35H,5-6,9-15,24-27H2,1-4H3,(H2,51,66)(H,52,67)(H,70,71)(H,54,56,68)(H,55,57,69);1H2/b8-7+;/t33?,34?,35-;/m0./s1. The molecule has 394 valence electrons. The highest BCUT2D eigenvalue weighted by Gasteiger charge is 2.42. The SMILES string of the molecule is CCn1nc(C)cc1C(=O)Nc1nc2cc(C(N)=O)cc3c2n1C/C=C/Cn1c(NC(=O)c2cc(C)nn2CC)nc2cc(C(=O)NCCCn4cc(C(=O)O)cn4)cc(c21)OC[C@@H](N1C2CCC1COC2)CO3.S. The molecular formula is C50H59N15O9S. The number of nitrogens with zero attached hydrogens (tertiary/aromatic N) is 11. The second-order valence-electron chi connectivity index (χ2n) is 18.5. The number of hydrogen-bond acceptors (Lipinski definition) is 14. The van der Waals surface area contributed by atoms with Gasteiger partial charge in [-0.2, -0.15) is 28.8 Å². The van der Waals surface area contributed by atoms with Gasteiger partial charge < -0.3 is 39.5 Å². The van der Waals surface area contributed by atoms with E-state index in [4.69, 9.17) is 29.9 Å². The lowest BCUT2D eigenvalue weighted by molar-refractivity contribution is -0.0534. The van der Waals surface area contributed by atoms with E-state index in [1.165, 1.54) is 17.1 Å². The van der Waals surface area contributed by atoms with E-state index in [1.807, 2.05) is 44.4 Å². The van der Waals surface area contributed by atoms with Crippen LogP contribution in [0, 0.1) is 13.8 Å². The van der Waals surface area contributed by atoms with Crippen LogP contribution in [-0.4, -0.2) is 139 Å². The van der Waals surface area contributed by atoms with Gasteiger partial charge in [-0.3, -0.25) is 48.8 Å². The molecule has 6 N–H and O–H groups in total. The summed E-state index contributed by atoms with van der Waals surface area (Å²) in [5.74, 6) is -2.07. The van der Waals surface area contributed by atoms with Crippen LogP contribution in [-0.2, 0) is 37.5 Å². The summed E-state index contributed by atoms with van der Waals surface area (Å²) >= 11 is 0. The minimum Gasteiger partial charge on any atom is -0.490 e. The Morgan fingerprint density at radius 3 is 1.75 bits per heavy atom. The van der Waals surface area contributed by atoms with Crippen molar-refractivity contribution in [2.75, 3.05) is 43.6 Å². The Morgan fingerprint density at radius 1 is 0.707 bits per heavy atom. The van der Waals surface area contributed by atoms with Gasteiger partial charge in [0.1, 0.15) is 47.1 Å². The molecule has 25 heteroatoms. The van der Waals surface area contributed by atoms with Gasteiger partial charge in [-0.1, -0.05) is 12.2 Å². The van der Waals surface area contributed by atoms with Gasteiger partial charge in [0.15, 0.2) is 0 Å². The number of carbonyl (C=O) groups is 5. The molecule has 2 fully saturated rings. The van der Waals surface area contributed by atoms with Gasteiger partial charge >= 0.3 is 5.97 Å². The fourth-order valence-electron chi connectivity index (χ4n) is 10.1. The largest absolute Gasteiger partial charge is 0.490 e. The zero-order chi connectivity index (χ0) is 51.8. The summed E-state index contributed by atoms with van der Waals surface area (Å²) in [6.07, 6.45) is 8.71. The van der Waals surface area contributed by atoms with Crippen LogP contribution in [0.3, 0.4) is 0 Å². The number of amides is 4. The van der Waals surface area contributed by atoms with Crippen molar-refractivity contribution in [2.24, 2.45) is 5.73 Å². The molecule has 2 aromatic carbocycles. The predicted octanol–water partition coefficient (Wildman–Crippen LogP) is 4.13. The summed E-state index contributed by atoms with van der Waals surface area (Å²) < 4.78 is 28.1. The Bertz CT molecular complexity index is 3350. The molecule has 3 aliphatic rings. The second-order valence-corrected chi connectivity index (χ2v) is 18.5. The average molecular weight is 1050 g/mol. The quantitative estimate of drug-likeness (QED) is 0.0756. The highest BCUT2D eigenvalue weighted by Crippen LogP contribution is 2.36. The van der Waals surface area contributed by atoms with Crippen LogP contribution in [0.2, 0.25) is 0 Å². The van der Waals surface area contributed by atoms with Gasteiger partial charge in [0.25, 0.3) is 17.7 Å². The van der Waals surface area contributed by atoms with E-state index < -0.39 is 35.6 Å². The molecule has 2 unspecified atom stereocenters. The number of nitrogens with two attached hydrogens (primary N) is 1. The second kappa shape index (κ2) is 21.8. The third-order valence-electron chi connectivity index (χ3n) is 13.5. The number of aryl methyl sites for hydroxylation is 5. The number of aromatic carboxylic acids is 1.